The molecule has 3 N–H and O–H groups in total. The van der Waals surface area contributed by atoms with Gasteiger partial charge >= 0.3 is 0 Å². The molecule has 0 bridgehead atoms. The predicted molar refractivity (Wildman–Crippen MR) is 63.9 cm³/mol. The van der Waals surface area contributed by atoms with Gasteiger partial charge in [0.05, 0.1) is 5.52 Å². The molecule has 0 fully saturated rings. The Morgan fingerprint density at radius 3 is 2.94 bits per heavy atom. The number of amides is 1. The molecule has 0 aliphatic carbocycles. The van der Waals surface area contributed by atoms with Crippen LogP contribution in [-0.2, 0) is 17.9 Å². The van der Waals surface area contributed by atoms with Crippen molar-refractivity contribution in [1.29, 1.82) is 0 Å². The summed E-state index contributed by atoms with van der Waals surface area (Å²) in [5.41, 5.74) is 7.80. The van der Waals surface area contributed by atoms with E-state index in [0.29, 0.717) is 13.1 Å². The van der Waals surface area contributed by atoms with Crippen molar-refractivity contribution >= 4 is 16.8 Å². The highest BCUT2D eigenvalue weighted by atomic mass is 16.1. The number of carbonyl (C=O) groups excluding carboxylic acids is 1. The second-order valence-electron chi connectivity index (χ2n) is 3.68. The summed E-state index contributed by atoms with van der Waals surface area (Å²) in [6, 6.07) is 7.99. The standard InChI is InChI=1S/C12H15N3O/c1-14-11(16)8-15-6-5-9-3-2-4-10(7-13)12(9)15/h2-6H,7-8,13H2,1H3,(H,14,16). The van der Waals surface area contributed by atoms with Gasteiger partial charge in [-0.25, -0.2) is 0 Å². The molecule has 16 heavy (non-hydrogen) atoms. The van der Waals surface area contributed by atoms with Gasteiger partial charge in [0, 0.05) is 19.8 Å². The molecule has 1 aromatic heterocycles. The molecule has 0 spiro atoms. The third-order valence-electron chi connectivity index (χ3n) is 2.68. The second kappa shape index (κ2) is 4.37. The number of hydrogen-bond donors (Lipinski definition) is 2. The van der Waals surface area contributed by atoms with E-state index in [1.54, 1.807) is 7.05 Å². The van der Waals surface area contributed by atoms with Crippen LogP contribution in [-0.4, -0.2) is 17.5 Å². The maximum atomic E-state index is 11.4. The number of nitrogens with one attached hydrogen (secondary N) is 1. The maximum Gasteiger partial charge on any atom is 0.239 e. The van der Waals surface area contributed by atoms with Gasteiger partial charge in [-0.15, -0.1) is 0 Å². The summed E-state index contributed by atoms with van der Waals surface area (Å²) in [5.74, 6) is -0.00988. The van der Waals surface area contributed by atoms with Crippen LogP contribution < -0.4 is 11.1 Å². The van der Waals surface area contributed by atoms with E-state index in [0.717, 1.165) is 16.5 Å². The van der Waals surface area contributed by atoms with Crippen molar-refractivity contribution in [3.05, 3.63) is 36.0 Å². The molecule has 2 rings (SSSR count). The molecule has 0 aliphatic heterocycles. The van der Waals surface area contributed by atoms with Crippen molar-refractivity contribution in [3.8, 4) is 0 Å². The van der Waals surface area contributed by atoms with Crippen LogP contribution in [0.3, 0.4) is 0 Å². The summed E-state index contributed by atoms with van der Waals surface area (Å²) in [6.07, 6.45) is 1.92. The van der Waals surface area contributed by atoms with E-state index >= 15 is 0 Å². The van der Waals surface area contributed by atoms with E-state index in [1.165, 1.54) is 0 Å². The molecule has 4 nitrogen and oxygen atoms in total. The molecule has 0 aliphatic rings. The number of rotatable bonds is 3. The van der Waals surface area contributed by atoms with Crippen molar-refractivity contribution in [2.45, 2.75) is 13.1 Å². The van der Waals surface area contributed by atoms with E-state index in [-0.39, 0.29) is 5.91 Å². The fraction of sp³-hybridized carbons (Fsp3) is 0.250. The van der Waals surface area contributed by atoms with Crippen LogP contribution in [0.2, 0.25) is 0 Å². The van der Waals surface area contributed by atoms with E-state index in [9.17, 15) is 4.79 Å². The van der Waals surface area contributed by atoms with Crippen LogP contribution in [0.1, 0.15) is 5.56 Å². The molecule has 0 saturated carbocycles. The minimum absolute atomic E-state index is 0.00988. The van der Waals surface area contributed by atoms with E-state index in [2.05, 4.69) is 5.32 Å². The van der Waals surface area contributed by atoms with E-state index in [1.807, 2.05) is 35.0 Å². The zero-order valence-corrected chi connectivity index (χ0v) is 9.23. The quantitative estimate of drug-likeness (QED) is 0.800. The summed E-state index contributed by atoms with van der Waals surface area (Å²) in [6.45, 7) is 0.812. The molecular weight excluding hydrogens is 202 g/mol. The van der Waals surface area contributed by atoms with Gasteiger partial charge in [-0.2, -0.15) is 0 Å². The first kappa shape index (κ1) is 10.7. The Kier molecular flexibility index (Phi) is 2.92. The molecule has 1 aromatic carbocycles. The number of nitrogens with zero attached hydrogens (tertiary/aromatic N) is 1. The predicted octanol–water partition coefficient (Wildman–Crippen LogP) is 0.846. The lowest BCUT2D eigenvalue weighted by atomic mass is 10.1. The fourth-order valence-electron chi connectivity index (χ4n) is 1.87. The summed E-state index contributed by atoms with van der Waals surface area (Å²) in [4.78, 5) is 11.4. The van der Waals surface area contributed by atoms with Crippen LogP contribution >= 0.6 is 0 Å². The van der Waals surface area contributed by atoms with Crippen LogP contribution in [0.5, 0.6) is 0 Å². The van der Waals surface area contributed by atoms with Gasteiger partial charge in [-0.05, 0) is 17.0 Å². The number of fused-ring (bicyclic) bond motifs is 1. The first-order chi connectivity index (χ1) is 7.76. The monoisotopic (exact) mass is 217 g/mol. The number of carbonyl (C=O) groups is 1. The third-order valence-corrected chi connectivity index (χ3v) is 2.68. The molecule has 0 unspecified atom stereocenters. The largest absolute Gasteiger partial charge is 0.358 e. The number of para-hydroxylation sites is 1. The molecule has 0 atom stereocenters. The molecule has 2 aromatic rings. The van der Waals surface area contributed by atoms with Gasteiger partial charge in [0.1, 0.15) is 6.54 Å². The van der Waals surface area contributed by atoms with Gasteiger partial charge in [-0.1, -0.05) is 18.2 Å². The van der Waals surface area contributed by atoms with Crippen molar-refractivity contribution in [3.63, 3.8) is 0 Å². The third kappa shape index (κ3) is 1.79. The minimum atomic E-state index is -0.00988. The van der Waals surface area contributed by atoms with E-state index < -0.39 is 0 Å². The van der Waals surface area contributed by atoms with Crippen molar-refractivity contribution in [1.82, 2.24) is 9.88 Å². The Labute approximate surface area is 94.0 Å². The smallest absolute Gasteiger partial charge is 0.239 e. The average molecular weight is 217 g/mol. The molecular formula is C12H15N3O. The number of benzene rings is 1. The highest BCUT2D eigenvalue weighted by Crippen LogP contribution is 2.19. The minimum Gasteiger partial charge on any atom is -0.358 e. The highest BCUT2D eigenvalue weighted by Gasteiger charge is 2.07. The van der Waals surface area contributed by atoms with Crippen LogP contribution in [0.25, 0.3) is 10.9 Å². The Morgan fingerprint density at radius 1 is 1.44 bits per heavy atom. The highest BCUT2D eigenvalue weighted by molar-refractivity contribution is 5.85. The van der Waals surface area contributed by atoms with Crippen LogP contribution in [0, 0.1) is 0 Å². The van der Waals surface area contributed by atoms with Crippen molar-refractivity contribution in [2.75, 3.05) is 7.05 Å². The second-order valence-corrected chi connectivity index (χ2v) is 3.68. The molecule has 84 valence electrons. The van der Waals surface area contributed by atoms with Crippen LogP contribution in [0.15, 0.2) is 30.5 Å². The van der Waals surface area contributed by atoms with Gasteiger partial charge in [-0.3, -0.25) is 4.79 Å². The number of nitrogens with two attached hydrogens (primary N) is 1. The van der Waals surface area contributed by atoms with Crippen LogP contribution in [0.4, 0.5) is 0 Å². The Hall–Kier alpha value is -1.81. The number of aromatic nitrogens is 1. The van der Waals surface area contributed by atoms with Gasteiger partial charge in [0.15, 0.2) is 0 Å². The van der Waals surface area contributed by atoms with Gasteiger partial charge in [0.2, 0.25) is 5.91 Å². The van der Waals surface area contributed by atoms with Crippen molar-refractivity contribution in [2.24, 2.45) is 5.73 Å². The average Bonchev–Trinajstić information content (AvgIpc) is 2.72. The first-order valence-electron chi connectivity index (χ1n) is 5.23. The fourth-order valence-corrected chi connectivity index (χ4v) is 1.87. The maximum absolute atomic E-state index is 11.4. The zero-order valence-electron chi connectivity index (χ0n) is 9.23. The topological polar surface area (TPSA) is 60.0 Å². The summed E-state index contributed by atoms with van der Waals surface area (Å²) in [7, 11) is 1.64. The Morgan fingerprint density at radius 2 is 2.25 bits per heavy atom. The molecule has 0 radical (unpaired) electrons. The lowest BCUT2D eigenvalue weighted by molar-refractivity contribution is -0.121. The van der Waals surface area contributed by atoms with Gasteiger partial charge in [0.25, 0.3) is 0 Å². The molecule has 1 heterocycles. The Bertz CT molecular complexity index is 516. The molecule has 0 saturated heterocycles. The summed E-state index contributed by atoms with van der Waals surface area (Å²) in [5, 5.41) is 3.73. The SMILES string of the molecule is CNC(=O)Cn1ccc2cccc(CN)c21. The Balaban J connectivity index is 2.49. The van der Waals surface area contributed by atoms with E-state index in [4.69, 9.17) is 5.73 Å². The number of hydrogen-bond acceptors (Lipinski definition) is 2. The lowest BCUT2D eigenvalue weighted by Gasteiger charge is -2.07. The number of likely N-dealkylation sites (N-methyl/N-ethyl adjacent to an activating group) is 1. The normalized spacial score (nSPS) is 10.6. The molecule has 4 heteroatoms. The first-order valence-corrected chi connectivity index (χ1v) is 5.23. The summed E-state index contributed by atoms with van der Waals surface area (Å²) >= 11 is 0. The zero-order chi connectivity index (χ0) is 11.5. The lowest BCUT2D eigenvalue weighted by Crippen LogP contribution is -2.23. The van der Waals surface area contributed by atoms with Crippen molar-refractivity contribution < 1.29 is 4.79 Å². The summed E-state index contributed by atoms with van der Waals surface area (Å²) < 4.78 is 1.93. The van der Waals surface area contributed by atoms with Gasteiger partial charge < -0.3 is 15.6 Å². The molecule has 1 amide bonds.